The summed E-state index contributed by atoms with van der Waals surface area (Å²) in [5.41, 5.74) is 5.25. The lowest BCUT2D eigenvalue weighted by atomic mass is 10.1. The maximum Gasteiger partial charge on any atom is 0.251 e. The molecule has 0 bridgehead atoms. The predicted molar refractivity (Wildman–Crippen MR) is 135 cm³/mol. The number of hydrogen-bond acceptors (Lipinski definition) is 3. The van der Waals surface area contributed by atoms with Crippen LogP contribution in [-0.2, 0) is 17.8 Å². The van der Waals surface area contributed by atoms with Crippen LogP contribution in [0.1, 0.15) is 44.4 Å². The molecule has 0 radical (unpaired) electrons. The molecule has 0 unspecified atom stereocenters. The molecule has 170 valence electrons. The van der Waals surface area contributed by atoms with Crippen molar-refractivity contribution >= 4 is 35.2 Å². The summed E-state index contributed by atoms with van der Waals surface area (Å²) >= 11 is 7.59. The molecule has 0 spiro atoms. The van der Waals surface area contributed by atoms with Gasteiger partial charge in [-0.3, -0.25) is 9.59 Å². The highest BCUT2D eigenvalue weighted by Crippen LogP contribution is 2.39. The Morgan fingerprint density at radius 1 is 1.06 bits per heavy atom. The number of nitrogens with zero attached hydrogens (tertiary/aromatic N) is 1. The maximum atomic E-state index is 12.5. The number of amides is 2. The summed E-state index contributed by atoms with van der Waals surface area (Å²) in [5.74, 6) is 0.510. The van der Waals surface area contributed by atoms with Crippen molar-refractivity contribution in [2.45, 2.75) is 31.7 Å². The van der Waals surface area contributed by atoms with E-state index in [9.17, 15) is 9.59 Å². The van der Waals surface area contributed by atoms with Crippen molar-refractivity contribution < 1.29 is 9.59 Å². The van der Waals surface area contributed by atoms with Crippen LogP contribution in [0.4, 0.5) is 0 Å². The average Bonchev–Trinajstić information content (AvgIpc) is 3.18. The molecule has 1 aliphatic rings. The molecule has 2 amide bonds. The molecule has 1 atom stereocenters. The summed E-state index contributed by atoms with van der Waals surface area (Å²) in [6, 6.07) is 23.6. The zero-order valence-corrected chi connectivity index (χ0v) is 20.2. The van der Waals surface area contributed by atoms with Crippen LogP contribution in [0.5, 0.6) is 0 Å². The fourth-order valence-corrected chi connectivity index (χ4v) is 5.26. The number of thioether (sulfide) groups is 1. The van der Waals surface area contributed by atoms with Crippen LogP contribution in [0, 0.1) is 6.92 Å². The molecule has 4 rings (SSSR count). The van der Waals surface area contributed by atoms with Crippen LogP contribution in [0.2, 0.25) is 5.02 Å². The van der Waals surface area contributed by atoms with Gasteiger partial charge in [0.2, 0.25) is 5.91 Å². The first-order chi connectivity index (χ1) is 16.0. The van der Waals surface area contributed by atoms with E-state index < -0.39 is 0 Å². The molecule has 0 aromatic heterocycles. The summed E-state index contributed by atoms with van der Waals surface area (Å²) in [5, 5.41) is 3.63. The van der Waals surface area contributed by atoms with Gasteiger partial charge in [-0.25, -0.2) is 0 Å². The predicted octanol–water partition coefficient (Wildman–Crippen LogP) is 5.79. The van der Waals surface area contributed by atoms with Crippen molar-refractivity contribution in [1.82, 2.24) is 10.2 Å². The molecule has 0 aliphatic carbocycles. The molecule has 3 aromatic carbocycles. The first-order valence-electron chi connectivity index (χ1n) is 11.1. The van der Waals surface area contributed by atoms with E-state index in [1.165, 1.54) is 11.1 Å². The molecule has 1 fully saturated rings. The number of nitrogens with one attached hydrogen (secondary N) is 1. The molecule has 1 heterocycles. The number of carbonyl (C=O) groups is 2. The van der Waals surface area contributed by atoms with Crippen LogP contribution >= 0.6 is 23.4 Å². The van der Waals surface area contributed by atoms with Gasteiger partial charge in [-0.1, -0.05) is 65.7 Å². The molecule has 4 nitrogen and oxygen atoms in total. The quantitative estimate of drug-likeness (QED) is 0.417. The Morgan fingerprint density at radius 2 is 1.82 bits per heavy atom. The second kappa shape index (κ2) is 10.9. The number of benzene rings is 3. The molecule has 1 N–H and O–H groups in total. The summed E-state index contributed by atoms with van der Waals surface area (Å²) in [6.45, 7) is 3.26. The standard InChI is InChI=1S/C27H27ClN2O2S/c1-19-4-2-5-20(16-19)6-3-15-29-26(32)22-9-11-23(12-10-22)27-30(25(31)18-33-27)17-21-7-13-24(28)14-8-21/h2,4-5,7-14,16,27H,3,6,15,17-18H2,1H3,(H,29,32)/t27-/m1/s1. The molecular weight excluding hydrogens is 452 g/mol. The topological polar surface area (TPSA) is 49.4 Å². The molecule has 3 aromatic rings. The molecule has 6 heteroatoms. The second-order valence-electron chi connectivity index (χ2n) is 8.28. The monoisotopic (exact) mass is 478 g/mol. The maximum absolute atomic E-state index is 12.5. The third-order valence-electron chi connectivity index (χ3n) is 5.70. The fraction of sp³-hybridized carbons (Fsp3) is 0.259. The fourth-order valence-electron chi connectivity index (χ4n) is 3.95. The number of halogens is 1. The van der Waals surface area contributed by atoms with Crippen LogP contribution in [-0.4, -0.2) is 29.0 Å². The van der Waals surface area contributed by atoms with Gasteiger partial charge in [0.25, 0.3) is 5.91 Å². The van der Waals surface area contributed by atoms with Crippen LogP contribution < -0.4 is 5.32 Å². The minimum atomic E-state index is -0.0704. The summed E-state index contributed by atoms with van der Waals surface area (Å²) < 4.78 is 0. The van der Waals surface area contributed by atoms with Gasteiger partial charge in [0.15, 0.2) is 0 Å². The van der Waals surface area contributed by atoms with Gasteiger partial charge < -0.3 is 10.2 Å². The Kier molecular flexibility index (Phi) is 7.73. The summed E-state index contributed by atoms with van der Waals surface area (Å²) in [7, 11) is 0. The number of aryl methyl sites for hydroxylation is 2. The van der Waals surface area contributed by atoms with Crippen molar-refractivity contribution in [3.63, 3.8) is 0 Å². The first kappa shape index (κ1) is 23.4. The van der Waals surface area contributed by atoms with Gasteiger partial charge in [-0.2, -0.15) is 0 Å². The lowest BCUT2D eigenvalue weighted by Gasteiger charge is -2.24. The molecule has 1 saturated heterocycles. The van der Waals surface area contributed by atoms with Gasteiger partial charge in [-0.05, 0) is 60.7 Å². The zero-order valence-electron chi connectivity index (χ0n) is 18.6. The normalized spacial score (nSPS) is 15.6. The van der Waals surface area contributed by atoms with E-state index in [0.717, 1.165) is 24.0 Å². The molecular formula is C27H27ClN2O2S. The number of carbonyl (C=O) groups excluding carboxylic acids is 2. The smallest absolute Gasteiger partial charge is 0.251 e. The average molecular weight is 479 g/mol. The lowest BCUT2D eigenvalue weighted by molar-refractivity contribution is -0.128. The van der Waals surface area contributed by atoms with Gasteiger partial charge in [0.05, 0.1) is 5.75 Å². The van der Waals surface area contributed by atoms with Crippen molar-refractivity contribution in [3.8, 4) is 0 Å². The Morgan fingerprint density at radius 3 is 2.55 bits per heavy atom. The van der Waals surface area contributed by atoms with Crippen molar-refractivity contribution in [2.24, 2.45) is 0 Å². The van der Waals surface area contributed by atoms with Gasteiger partial charge in [0, 0.05) is 23.7 Å². The van der Waals surface area contributed by atoms with Crippen LogP contribution in [0.3, 0.4) is 0 Å². The Labute approximate surface area is 204 Å². The zero-order chi connectivity index (χ0) is 23.2. The van der Waals surface area contributed by atoms with Gasteiger partial charge in [-0.15, -0.1) is 11.8 Å². The van der Waals surface area contributed by atoms with E-state index in [2.05, 4.69) is 36.5 Å². The van der Waals surface area contributed by atoms with E-state index in [4.69, 9.17) is 11.6 Å². The largest absolute Gasteiger partial charge is 0.352 e. The highest BCUT2D eigenvalue weighted by atomic mass is 35.5. The van der Waals surface area contributed by atoms with E-state index in [1.807, 2.05) is 53.4 Å². The SMILES string of the molecule is Cc1cccc(CCCNC(=O)c2ccc([C@H]3SCC(=O)N3Cc3ccc(Cl)cc3)cc2)c1. The second-order valence-corrected chi connectivity index (χ2v) is 9.79. The number of rotatable bonds is 8. The van der Waals surface area contributed by atoms with E-state index in [-0.39, 0.29) is 17.2 Å². The third-order valence-corrected chi connectivity index (χ3v) is 7.21. The molecule has 33 heavy (non-hydrogen) atoms. The van der Waals surface area contributed by atoms with Gasteiger partial charge in [0.1, 0.15) is 5.37 Å². The van der Waals surface area contributed by atoms with E-state index in [1.54, 1.807) is 11.8 Å². The van der Waals surface area contributed by atoms with Crippen LogP contribution in [0.15, 0.2) is 72.8 Å². The van der Waals surface area contributed by atoms with Crippen molar-refractivity contribution in [3.05, 3.63) is 106 Å². The molecule has 0 saturated carbocycles. The van der Waals surface area contributed by atoms with E-state index >= 15 is 0 Å². The van der Waals surface area contributed by atoms with E-state index in [0.29, 0.717) is 29.4 Å². The minimum Gasteiger partial charge on any atom is -0.352 e. The highest BCUT2D eigenvalue weighted by Gasteiger charge is 2.32. The minimum absolute atomic E-state index is 0.0559. The summed E-state index contributed by atoms with van der Waals surface area (Å²) in [4.78, 5) is 26.9. The Balaban J connectivity index is 1.32. The summed E-state index contributed by atoms with van der Waals surface area (Å²) in [6.07, 6.45) is 1.84. The molecule has 1 aliphatic heterocycles. The van der Waals surface area contributed by atoms with Crippen molar-refractivity contribution in [1.29, 1.82) is 0 Å². The Bertz CT molecular complexity index is 1120. The highest BCUT2D eigenvalue weighted by molar-refractivity contribution is 8.00. The Hall–Kier alpha value is -2.76. The first-order valence-corrected chi connectivity index (χ1v) is 12.5. The third kappa shape index (κ3) is 6.18. The number of hydrogen-bond donors (Lipinski definition) is 1. The lowest BCUT2D eigenvalue weighted by Crippen LogP contribution is -2.28. The van der Waals surface area contributed by atoms with Crippen LogP contribution in [0.25, 0.3) is 0 Å². The van der Waals surface area contributed by atoms with Crippen molar-refractivity contribution in [2.75, 3.05) is 12.3 Å². The van der Waals surface area contributed by atoms with Gasteiger partial charge >= 0.3 is 0 Å².